The Morgan fingerprint density at radius 2 is 2.00 bits per heavy atom. The average Bonchev–Trinajstić information content (AvgIpc) is 3.42. The van der Waals surface area contributed by atoms with Crippen LogP contribution in [0.1, 0.15) is 33.0 Å². The molecule has 2 atom stereocenters. The Morgan fingerprint density at radius 3 is 2.64 bits per heavy atom. The average molecular weight is 467 g/mol. The molecule has 1 amide bonds. The molecule has 4 rings (SSSR count). The van der Waals surface area contributed by atoms with Crippen LogP contribution in [0, 0.1) is 6.92 Å². The molecule has 0 spiro atoms. The number of aromatic nitrogens is 3. The third kappa shape index (κ3) is 5.26. The van der Waals surface area contributed by atoms with Crippen molar-refractivity contribution in [2.45, 2.75) is 25.4 Å². The molecule has 1 aromatic carbocycles. The predicted octanol–water partition coefficient (Wildman–Crippen LogP) is 2.18. The van der Waals surface area contributed by atoms with Gasteiger partial charge in [0.15, 0.2) is 17.3 Å². The van der Waals surface area contributed by atoms with Gasteiger partial charge in [-0.25, -0.2) is 9.97 Å². The van der Waals surface area contributed by atoms with Gasteiger partial charge >= 0.3 is 0 Å². The molecule has 33 heavy (non-hydrogen) atoms. The van der Waals surface area contributed by atoms with Crippen molar-refractivity contribution in [2.75, 3.05) is 36.2 Å². The lowest BCUT2D eigenvalue weighted by molar-refractivity contribution is 0.0950. The standard InChI is InChI=1S/C22H26N8O2S/c1-12-8-18(33-29-12)28-22-19(21(23)32)25-11-17(27-22)26-14-9-16(24-10-14)20(31)13-4-6-15(7-5-13)30(2)3/h4-8,11,14,16,24H,9-10H2,1-3H3,(H2,23,32)(H2,26,27,28)/t14-,16?/m0/s1. The molecule has 0 bridgehead atoms. The molecule has 0 saturated carbocycles. The van der Waals surface area contributed by atoms with Gasteiger partial charge in [-0.3, -0.25) is 9.59 Å². The largest absolute Gasteiger partial charge is 0.378 e. The molecule has 1 unspecified atom stereocenters. The van der Waals surface area contributed by atoms with Gasteiger partial charge in [-0.1, -0.05) is 0 Å². The second-order valence-electron chi connectivity index (χ2n) is 8.12. The Morgan fingerprint density at radius 1 is 1.24 bits per heavy atom. The quantitative estimate of drug-likeness (QED) is 0.368. The number of amides is 1. The number of nitrogens with two attached hydrogens (primary N) is 1. The number of carbonyl (C=O) groups is 2. The van der Waals surface area contributed by atoms with Crippen molar-refractivity contribution in [3.63, 3.8) is 0 Å². The fraction of sp³-hybridized carbons (Fsp3) is 0.318. The fourth-order valence-corrected chi connectivity index (χ4v) is 4.31. The Labute approximate surface area is 195 Å². The van der Waals surface area contributed by atoms with E-state index in [4.69, 9.17) is 5.73 Å². The molecule has 10 nitrogen and oxygen atoms in total. The summed E-state index contributed by atoms with van der Waals surface area (Å²) in [5, 5.41) is 10.4. The number of ketones is 1. The number of rotatable bonds is 8. The zero-order valence-electron chi connectivity index (χ0n) is 18.6. The second kappa shape index (κ2) is 9.51. The molecule has 1 aliphatic heterocycles. The summed E-state index contributed by atoms with van der Waals surface area (Å²) in [6.45, 7) is 2.48. The smallest absolute Gasteiger partial charge is 0.271 e. The molecule has 172 valence electrons. The first-order valence-corrected chi connectivity index (χ1v) is 11.3. The molecule has 1 fully saturated rings. The lowest BCUT2D eigenvalue weighted by atomic mass is 10.0. The summed E-state index contributed by atoms with van der Waals surface area (Å²) in [6.07, 6.45) is 2.07. The molecule has 3 aromatic rings. The summed E-state index contributed by atoms with van der Waals surface area (Å²) in [5.74, 6) is 0.128. The molecule has 5 N–H and O–H groups in total. The maximum Gasteiger partial charge on any atom is 0.271 e. The molecular weight excluding hydrogens is 440 g/mol. The number of hydrogen-bond acceptors (Lipinski definition) is 10. The van der Waals surface area contributed by atoms with Gasteiger partial charge in [-0.05, 0) is 55.2 Å². The van der Waals surface area contributed by atoms with Crippen molar-refractivity contribution in [3.8, 4) is 0 Å². The highest BCUT2D eigenvalue weighted by Gasteiger charge is 2.30. The number of carbonyl (C=O) groups excluding carboxylic acids is 2. The maximum absolute atomic E-state index is 12.9. The summed E-state index contributed by atoms with van der Waals surface area (Å²) in [5.41, 5.74) is 8.08. The lowest BCUT2D eigenvalue weighted by Gasteiger charge is -2.15. The molecule has 1 saturated heterocycles. The molecule has 0 radical (unpaired) electrons. The minimum atomic E-state index is -0.675. The van der Waals surface area contributed by atoms with E-state index in [0.29, 0.717) is 24.3 Å². The molecule has 1 aliphatic rings. The van der Waals surface area contributed by atoms with Crippen LogP contribution >= 0.6 is 11.5 Å². The van der Waals surface area contributed by atoms with E-state index >= 15 is 0 Å². The number of benzene rings is 1. The lowest BCUT2D eigenvalue weighted by Crippen LogP contribution is -2.30. The van der Waals surface area contributed by atoms with E-state index in [9.17, 15) is 9.59 Å². The Bertz CT molecular complexity index is 1160. The first kappa shape index (κ1) is 22.6. The minimum Gasteiger partial charge on any atom is -0.378 e. The third-order valence-corrected chi connectivity index (χ3v) is 6.14. The highest BCUT2D eigenvalue weighted by Crippen LogP contribution is 2.24. The molecule has 3 heterocycles. The van der Waals surface area contributed by atoms with Crippen molar-refractivity contribution >= 4 is 45.5 Å². The van der Waals surface area contributed by atoms with Gasteiger partial charge in [0.25, 0.3) is 5.91 Å². The van der Waals surface area contributed by atoms with Crippen LogP contribution in [-0.4, -0.2) is 58.8 Å². The number of aryl methyl sites for hydroxylation is 1. The van der Waals surface area contributed by atoms with Crippen molar-refractivity contribution in [2.24, 2.45) is 5.73 Å². The number of nitrogens with zero attached hydrogens (tertiary/aromatic N) is 4. The Balaban J connectivity index is 1.43. The Hall–Kier alpha value is -3.57. The number of anilines is 4. The summed E-state index contributed by atoms with van der Waals surface area (Å²) in [7, 11) is 3.92. The minimum absolute atomic E-state index is 0.0211. The van der Waals surface area contributed by atoms with E-state index in [0.717, 1.165) is 16.4 Å². The van der Waals surface area contributed by atoms with Gasteiger partial charge < -0.3 is 26.6 Å². The van der Waals surface area contributed by atoms with Gasteiger partial charge in [0.1, 0.15) is 10.8 Å². The maximum atomic E-state index is 12.9. The van der Waals surface area contributed by atoms with Gasteiger partial charge in [-0.15, -0.1) is 0 Å². The highest BCUT2D eigenvalue weighted by molar-refractivity contribution is 7.10. The first-order chi connectivity index (χ1) is 15.8. The topological polar surface area (TPSA) is 138 Å². The van der Waals surface area contributed by atoms with E-state index in [1.165, 1.54) is 17.7 Å². The normalized spacial score (nSPS) is 17.5. The van der Waals surface area contributed by atoms with Crippen LogP contribution in [0.3, 0.4) is 0 Å². The summed E-state index contributed by atoms with van der Waals surface area (Å²) < 4.78 is 4.21. The summed E-state index contributed by atoms with van der Waals surface area (Å²) in [4.78, 5) is 35.4. The van der Waals surface area contributed by atoms with Crippen LogP contribution in [-0.2, 0) is 0 Å². The van der Waals surface area contributed by atoms with Gasteiger partial charge in [0.2, 0.25) is 0 Å². The van der Waals surface area contributed by atoms with Gasteiger partial charge in [0, 0.05) is 37.9 Å². The van der Waals surface area contributed by atoms with Crippen LogP contribution in [0.4, 0.5) is 22.3 Å². The predicted molar refractivity (Wildman–Crippen MR) is 130 cm³/mol. The SMILES string of the molecule is Cc1cc(Nc2nc(N[C@@H]3CNC(C(=O)c4ccc(N(C)C)cc4)C3)cnc2C(N)=O)sn1. The number of hydrogen-bond donors (Lipinski definition) is 4. The van der Waals surface area contributed by atoms with Gasteiger partial charge in [0.05, 0.1) is 17.9 Å². The van der Waals surface area contributed by atoms with Crippen LogP contribution < -0.4 is 26.6 Å². The van der Waals surface area contributed by atoms with Crippen molar-refractivity contribution < 1.29 is 9.59 Å². The second-order valence-corrected chi connectivity index (χ2v) is 8.92. The van der Waals surface area contributed by atoms with Crippen LogP contribution in [0.2, 0.25) is 0 Å². The zero-order valence-corrected chi connectivity index (χ0v) is 19.4. The van der Waals surface area contributed by atoms with Crippen molar-refractivity contribution in [1.82, 2.24) is 19.7 Å². The van der Waals surface area contributed by atoms with Crippen LogP contribution in [0.25, 0.3) is 0 Å². The summed E-state index contributed by atoms with van der Waals surface area (Å²) in [6, 6.07) is 9.12. The summed E-state index contributed by atoms with van der Waals surface area (Å²) >= 11 is 1.26. The zero-order chi connectivity index (χ0) is 23.5. The highest BCUT2D eigenvalue weighted by atomic mass is 32.1. The van der Waals surface area contributed by atoms with E-state index in [2.05, 4.69) is 30.3 Å². The fourth-order valence-electron chi connectivity index (χ4n) is 3.64. The van der Waals surface area contributed by atoms with E-state index in [-0.39, 0.29) is 29.4 Å². The van der Waals surface area contributed by atoms with E-state index in [1.807, 2.05) is 56.3 Å². The monoisotopic (exact) mass is 466 g/mol. The van der Waals surface area contributed by atoms with Crippen molar-refractivity contribution in [3.05, 3.63) is 53.5 Å². The molecule has 11 heteroatoms. The third-order valence-electron chi connectivity index (χ3n) is 5.34. The van der Waals surface area contributed by atoms with Gasteiger partial charge in [-0.2, -0.15) is 4.37 Å². The van der Waals surface area contributed by atoms with Crippen LogP contribution in [0.15, 0.2) is 36.5 Å². The van der Waals surface area contributed by atoms with E-state index in [1.54, 1.807) is 0 Å². The van der Waals surface area contributed by atoms with Crippen LogP contribution in [0.5, 0.6) is 0 Å². The number of primary amides is 1. The molecule has 0 aliphatic carbocycles. The van der Waals surface area contributed by atoms with Crippen molar-refractivity contribution in [1.29, 1.82) is 0 Å². The number of Topliss-reactive ketones (excluding diaryl/α,β-unsaturated/α-hetero) is 1. The molecule has 2 aromatic heterocycles. The number of nitrogens with one attached hydrogen (secondary N) is 3. The molecular formula is C22H26N8O2S. The first-order valence-electron chi connectivity index (χ1n) is 10.5. The van der Waals surface area contributed by atoms with E-state index < -0.39 is 5.91 Å². The Kier molecular flexibility index (Phi) is 6.52.